The molecule has 2 rings (SSSR count). The molecule has 2 nitrogen and oxygen atoms in total. The lowest BCUT2D eigenvalue weighted by molar-refractivity contribution is 0.634. The molecule has 1 heterocycles. The Morgan fingerprint density at radius 1 is 1.38 bits per heavy atom. The SMILES string of the molecule is C=CC(C)NCc1ccc2cnccc2c1. The number of rotatable bonds is 4. The predicted molar refractivity (Wildman–Crippen MR) is 68.2 cm³/mol. The van der Waals surface area contributed by atoms with Crippen LogP contribution in [-0.2, 0) is 6.54 Å². The molecule has 0 radical (unpaired) electrons. The third-order valence-electron chi connectivity index (χ3n) is 2.69. The molecular formula is C14H16N2. The van der Waals surface area contributed by atoms with E-state index in [1.807, 2.05) is 24.5 Å². The van der Waals surface area contributed by atoms with Crippen LogP contribution < -0.4 is 5.32 Å². The molecule has 0 aliphatic rings. The van der Waals surface area contributed by atoms with Gasteiger partial charge in [-0.05, 0) is 30.0 Å². The molecule has 1 N–H and O–H groups in total. The highest BCUT2D eigenvalue weighted by Crippen LogP contribution is 2.14. The van der Waals surface area contributed by atoms with Crippen LogP contribution in [0.5, 0.6) is 0 Å². The minimum absolute atomic E-state index is 0.341. The second-order valence-electron chi connectivity index (χ2n) is 3.96. The van der Waals surface area contributed by atoms with Crippen LogP contribution in [0.4, 0.5) is 0 Å². The Kier molecular flexibility index (Phi) is 3.32. The second kappa shape index (κ2) is 4.90. The van der Waals surface area contributed by atoms with Crippen molar-refractivity contribution in [3.05, 3.63) is 54.9 Å². The normalized spacial score (nSPS) is 12.6. The summed E-state index contributed by atoms with van der Waals surface area (Å²) in [6.45, 7) is 6.71. The summed E-state index contributed by atoms with van der Waals surface area (Å²) in [6.07, 6.45) is 5.62. The fraction of sp³-hybridized carbons (Fsp3) is 0.214. The number of nitrogens with zero attached hydrogens (tertiary/aromatic N) is 1. The standard InChI is InChI=1S/C14H16N2/c1-3-11(2)16-9-12-4-5-14-10-15-7-6-13(14)8-12/h3-8,10-11,16H,1,9H2,2H3. The van der Waals surface area contributed by atoms with Gasteiger partial charge in [0.25, 0.3) is 0 Å². The summed E-state index contributed by atoms with van der Waals surface area (Å²) in [6, 6.07) is 8.81. The number of pyridine rings is 1. The van der Waals surface area contributed by atoms with Crippen molar-refractivity contribution in [1.82, 2.24) is 10.3 Å². The monoisotopic (exact) mass is 212 g/mol. The van der Waals surface area contributed by atoms with Gasteiger partial charge in [-0.15, -0.1) is 6.58 Å². The molecule has 0 aliphatic carbocycles. The largest absolute Gasteiger partial charge is 0.307 e. The minimum atomic E-state index is 0.341. The number of fused-ring (bicyclic) bond motifs is 1. The summed E-state index contributed by atoms with van der Waals surface area (Å²) in [5.41, 5.74) is 1.28. The molecular weight excluding hydrogens is 196 g/mol. The summed E-state index contributed by atoms with van der Waals surface area (Å²) >= 11 is 0. The van der Waals surface area contributed by atoms with Gasteiger partial charge in [-0.25, -0.2) is 0 Å². The first kappa shape index (κ1) is 10.8. The van der Waals surface area contributed by atoms with Gasteiger partial charge in [0.2, 0.25) is 0 Å². The Bertz CT molecular complexity index is 491. The second-order valence-corrected chi connectivity index (χ2v) is 3.96. The number of aromatic nitrogens is 1. The van der Waals surface area contributed by atoms with Gasteiger partial charge in [0.15, 0.2) is 0 Å². The molecule has 16 heavy (non-hydrogen) atoms. The average Bonchev–Trinajstić information content (AvgIpc) is 2.35. The summed E-state index contributed by atoms with van der Waals surface area (Å²) in [7, 11) is 0. The molecule has 0 saturated heterocycles. The van der Waals surface area contributed by atoms with Crippen molar-refractivity contribution < 1.29 is 0 Å². The molecule has 0 fully saturated rings. The maximum Gasteiger partial charge on any atom is 0.0346 e. The zero-order chi connectivity index (χ0) is 11.4. The average molecular weight is 212 g/mol. The van der Waals surface area contributed by atoms with E-state index in [-0.39, 0.29) is 0 Å². The van der Waals surface area contributed by atoms with Crippen molar-refractivity contribution in [1.29, 1.82) is 0 Å². The van der Waals surface area contributed by atoms with Crippen molar-refractivity contribution >= 4 is 10.8 Å². The summed E-state index contributed by atoms with van der Waals surface area (Å²) in [4.78, 5) is 4.10. The van der Waals surface area contributed by atoms with Gasteiger partial charge < -0.3 is 5.32 Å². The number of benzene rings is 1. The van der Waals surface area contributed by atoms with Gasteiger partial charge in [-0.3, -0.25) is 4.98 Å². The molecule has 0 aliphatic heterocycles. The highest BCUT2D eigenvalue weighted by Gasteiger charge is 1.98. The first-order chi connectivity index (χ1) is 7.79. The summed E-state index contributed by atoms with van der Waals surface area (Å²) in [5.74, 6) is 0. The van der Waals surface area contributed by atoms with Gasteiger partial charge >= 0.3 is 0 Å². The maximum absolute atomic E-state index is 4.10. The van der Waals surface area contributed by atoms with Crippen molar-refractivity contribution in [3.8, 4) is 0 Å². The lowest BCUT2D eigenvalue weighted by atomic mass is 10.1. The van der Waals surface area contributed by atoms with Crippen LogP contribution in [-0.4, -0.2) is 11.0 Å². The Hall–Kier alpha value is -1.67. The maximum atomic E-state index is 4.10. The van der Waals surface area contributed by atoms with Crippen molar-refractivity contribution in [3.63, 3.8) is 0 Å². The van der Waals surface area contributed by atoms with E-state index in [1.54, 1.807) is 0 Å². The third-order valence-corrected chi connectivity index (χ3v) is 2.69. The van der Waals surface area contributed by atoms with Crippen LogP contribution in [0.3, 0.4) is 0 Å². The fourth-order valence-corrected chi connectivity index (χ4v) is 1.60. The quantitative estimate of drug-likeness (QED) is 0.788. The molecule has 0 amide bonds. The molecule has 1 aromatic heterocycles. The highest BCUT2D eigenvalue weighted by atomic mass is 14.9. The molecule has 2 heteroatoms. The van der Waals surface area contributed by atoms with Gasteiger partial charge in [0.05, 0.1) is 0 Å². The predicted octanol–water partition coefficient (Wildman–Crippen LogP) is 2.90. The molecule has 1 aromatic carbocycles. The molecule has 1 unspecified atom stereocenters. The van der Waals surface area contributed by atoms with E-state index in [4.69, 9.17) is 0 Å². The third kappa shape index (κ3) is 2.47. The molecule has 82 valence electrons. The first-order valence-electron chi connectivity index (χ1n) is 5.48. The lowest BCUT2D eigenvalue weighted by Crippen LogP contribution is -2.22. The van der Waals surface area contributed by atoms with Crippen molar-refractivity contribution in [2.75, 3.05) is 0 Å². The van der Waals surface area contributed by atoms with E-state index < -0.39 is 0 Å². The van der Waals surface area contributed by atoms with Gasteiger partial charge in [-0.2, -0.15) is 0 Å². The Labute approximate surface area is 96.0 Å². The molecule has 0 saturated carbocycles. The zero-order valence-corrected chi connectivity index (χ0v) is 9.48. The number of hydrogen-bond acceptors (Lipinski definition) is 2. The smallest absolute Gasteiger partial charge is 0.0346 e. The Morgan fingerprint density at radius 2 is 2.25 bits per heavy atom. The van der Waals surface area contributed by atoms with Gasteiger partial charge in [-0.1, -0.05) is 18.2 Å². The van der Waals surface area contributed by atoms with E-state index in [2.05, 4.69) is 42.0 Å². The molecule has 0 bridgehead atoms. The van der Waals surface area contributed by atoms with Gasteiger partial charge in [0, 0.05) is 30.4 Å². The topological polar surface area (TPSA) is 24.9 Å². The van der Waals surface area contributed by atoms with Crippen LogP contribution in [0.1, 0.15) is 12.5 Å². The molecule has 1 atom stereocenters. The van der Waals surface area contributed by atoms with Crippen LogP contribution in [0.25, 0.3) is 10.8 Å². The van der Waals surface area contributed by atoms with Crippen LogP contribution in [0, 0.1) is 0 Å². The number of hydrogen-bond donors (Lipinski definition) is 1. The van der Waals surface area contributed by atoms with E-state index >= 15 is 0 Å². The van der Waals surface area contributed by atoms with Crippen LogP contribution in [0.15, 0.2) is 49.3 Å². The highest BCUT2D eigenvalue weighted by molar-refractivity contribution is 5.81. The van der Waals surface area contributed by atoms with Gasteiger partial charge in [0.1, 0.15) is 0 Å². The molecule has 0 spiro atoms. The van der Waals surface area contributed by atoms with E-state index in [0.717, 1.165) is 6.54 Å². The Balaban J connectivity index is 2.16. The summed E-state index contributed by atoms with van der Waals surface area (Å²) in [5, 5.41) is 5.80. The van der Waals surface area contributed by atoms with Crippen molar-refractivity contribution in [2.24, 2.45) is 0 Å². The van der Waals surface area contributed by atoms with E-state index in [9.17, 15) is 0 Å². The van der Waals surface area contributed by atoms with E-state index in [0.29, 0.717) is 6.04 Å². The minimum Gasteiger partial charge on any atom is -0.307 e. The first-order valence-corrected chi connectivity index (χ1v) is 5.48. The van der Waals surface area contributed by atoms with E-state index in [1.165, 1.54) is 16.3 Å². The Morgan fingerprint density at radius 3 is 3.06 bits per heavy atom. The van der Waals surface area contributed by atoms with Crippen LogP contribution in [0.2, 0.25) is 0 Å². The van der Waals surface area contributed by atoms with Crippen molar-refractivity contribution in [2.45, 2.75) is 19.5 Å². The lowest BCUT2D eigenvalue weighted by Gasteiger charge is -2.09. The summed E-state index contributed by atoms with van der Waals surface area (Å²) < 4.78 is 0. The zero-order valence-electron chi connectivity index (χ0n) is 9.48. The fourth-order valence-electron chi connectivity index (χ4n) is 1.60. The number of nitrogens with one attached hydrogen (secondary N) is 1. The molecule has 2 aromatic rings. The van der Waals surface area contributed by atoms with Crippen LogP contribution >= 0.6 is 0 Å².